The highest BCUT2D eigenvalue weighted by molar-refractivity contribution is 6.35. The monoisotopic (exact) mass is 380 g/mol. The molecule has 0 fully saturated rings. The summed E-state index contributed by atoms with van der Waals surface area (Å²) in [5.41, 5.74) is 3.54. The molecule has 0 bridgehead atoms. The molecule has 0 unspecified atom stereocenters. The van der Waals surface area contributed by atoms with Gasteiger partial charge < -0.3 is 5.32 Å². The van der Waals surface area contributed by atoms with Crippen molar-refractivity contribution >= 4 is 39.9 Å². The average Bonchev–Trinajstić information content (AvgIpc) is 2.69. The minimum Gasteiger partial charge on any atom is -0.373 e. The average molecular weight is 381 g/mol. The Morgan fingerprint density at radius 2 is 1.81 bits per heavy atom. The predicted octanol–water partition coefficient (Wildman–Crippen LogP) is 5.71. The van der Waals surface area contributed by atoms with Gasteiger partial charge in [0.15, 0.2) is 5.82 Å². The number of nitrogens with one attached hydrogen (secondary N) is 1. The van der Waals surface area contributed by atoms with Gasteiger partial charge in [-0.3, -0.25) is 4.98 Å². The van der Waals surface area contributed by atoms with Crippen LogP contribution in [0, 0.1) is 0 Å². The van der Waals surface area contributed by atoms with Gasteiger partial charge in [-0.2, -0.15) is 0 Å². The molecule has 128 valence electrons. The quantitative estimate of drug-likeness (QED) is 0.494. The number of hydrogen-bond donors (Lipinski definition) is 1. The normalized spacial score (nSPS) is 10.9. The molecule has 0 atom stereocenters. The molecule has 0 aliphatic carbocycles. The molecule has 0 aliphatic rings. The van der Waals surface area contributed by atoms with Crippen LogP contribution in [0.5, 0.6) is 0 Å². The number of fused-ring (bicyclic) bond motifs is 1. The van der Waals surface area contributed by atoms with Crippen LogP contribution in [0.4, 0.5) is 5.82 Å². The second kappa shape index (κ2) is 6.90. The molecule has 0 aliphatic heterocycles. The Morgan fingerprint density at radius 3 is 2.58 bits per heavy atom. The van der Waals surface area contributed by atoms with E-state index in [4.69, 9.17) is 23.2 Å². The Kier molecular flexibility index (Phi) is 4.45. The van der Waals surface area contributed by atoms with E-state index in [2.05, 4.69) is 20.3 Å². The van der Waals surface area contributed by atoms with Crippen molar-refractivity contribution in [3.8, 4) is 22.5 Å². The van der Waals surface area contributed by atoms with Crippen molar-refractivity contribution in [1.29, 1.82) is 0 Å². The summed E-state index contributed by atoms with van der Waals surface area (Å²) in [7, 11) is 1.84. The van der Waals surface area contributed by atoms with Gasteiger partial charge in [0.2, 0.25) is 0 Å². The van der Waals surface area contributed by atoms with Crippen LogP contribution < -0.4 is 5.32 Å². The fraction of sp³-hybridized carbons (Fsp3) is 0.0500. The van der Waals surface area contributed by atoms with Gasteiger partial charge in [-0.15, -0.1) is 0 Å². The zero-order valence-electron chi connectivity index (χ0n) is 13.9. The molecule has 1 N–H and O–H groups in total. The molecule has 2 aromatic heterocycles. The Balaban J connectivity index is 1.90. The van der Waals surface area contributed by atoms with Gasteiger partial charge in [0, 0.05) is 46.0 Å². The molecule has 2 heterocycles. The second-order valence-corrected chi connectivity index (χ2v) is 6.59. The maximum absolute atomic E-state index is 6.35. The lowest BCUT2D eigenvalue weighted by Crippen LogP contribution is -1.99. The van der Waals surface area contributed by atoms with Crippen molar-refractivity contribution in [2.24, 2.45) is 0 Å². The third-order valence-corrected chi connectivity index (χ3v) is 4.66. The van der Waals surface area contributed by atoms with Crippen LogP contribution >= 0.6 is 23.2 Å². The molecule has 4 aromatic rings. The molecule has 0 radical (unpaired) electrons. The Morgan fingerprint density at radius 1 is 0.923 bits per heavy atom. The van der Waals surface area contributed by atoms with Crippen LogP contribution in [0.1, 0.15) is 0 Å². The number of aromatic nitrogens is 3. The Labute approximate surface area is 160 Å². The summed E-state index contributed by atoms with van der Waals surface area (Å²) >= 11 is 12.5. The minimum atomic E-state index is 0.628. The summed E-state index contributed by atoms with van der Waals surface area (Å²) in [6.07, 6.45) is 3.48. The fourth-order valence-electron chi connectivity index (χ4n) is 2.83. The van der Waals surface area contributed by atoms with E-state index in [1.807, 2.05) is 43.4 Å². The summed E-state index contributed by atoms with van der Waals surface area (Å²) < 4.78 is 0. The molecular formula is C20H14Cl2N4. The standard InChI is InChI=1S/C20H14Cl2N4/c1-23-20-16-9-12(15-10-14(21)5-6-17(15)22)4-7-18(16)25-19(26-20)13-3-2-8-24-11-13/h2-11H,1H3,(H,23,25,26). The van der Waals surface area contributed by atoms with E-state index in [9.17, 15) is 0 Å². The van der Waals surface area contributed by atoms with Gasteiger partial charge >= 0.3 is 0 Å². The Bertz CT molecular complexity index is 1100. The number of nitrogens with zero attached hydrogens (tertiary/aromatic N) is 3. The number of hydrogen-bond acceptors (Lipinski definition) is 4. The third kappa shape index (κ3) is 3.09. The second-order valence-electron chi connectivity index (χ2n) is 5.74. The van der Waals surface area contributed by atoms with Crippen molar-refractivity contribution in [3.63, 3.8) is 0 Å². The number of rotatable bonds is 3. The van der Waals surface area contributed by atoms with Crippen LogP contribution in [0.3, 0.4) is 0 Å². The molecule has 0 amide bonds. The van der Waals surface area contributed by atoms with Crippen molar-refractivity contribution in [2.75, 3.05) is 12.4 Å². The minimum absolute atomic E-state index is 0.628. The van der Waals surface area contributed by atoms with Crippen LogP contribution in [-0.2, 0) is 0 Å². The van der Waals surface area contributed by atoms with Crippen LogP contribution in [0.25, 0.3) is 33.4 Å². The van der Waals surface area contributed by atoms with E-state index in [1.165, 1.54) is 0 Å². The van der Waals surface area contributed by atoms with Gasteiger partial charge in [0.05, 0.1) is 5.52 Å². The summed E-state index contributed by atoms with van der Waals surface area (Å²) in [5, 5.41) is 5.35. The largest absolute Gasteiger partial charge is 0.373 e. The topological polar surface area (TPSA) is 50.7 Å². The molecular weight excluding hydrogens is 367 g/mol. The van der Waals surface area contributed by atoms with Crippen molar-refractivity contribution in [3.05, 3.63) is 71.0 Å². The lowest BCUT2D eigenvalue weighted by atomic mass is 10.0. The zero-order chi connectivity index (χ0) is 18.1. The molecule has 0 saturated heterocycles. The number of benzene rings is 2. The van der Waals surface area contributed by atoms with E-state index < -0.39 is 0 Å². The van der Waals surface area contributed by atoms with Gasteiger partial charge in [-0.1, -0.05) is 29.3 Å². The molecule has 4 nitrogen and oxygen atoms in total. The maximum Gasteiger partial charge on any atom is 0.163 e. The van der Waals surface area contributed by atoms with Crippen LogP contribution in [0.15, 0.2) is 60.9 Å². The summed E-state index contributed by atoms with van der Waals surface area (Å²) in [6.45, 7) is 0. The van der Waals surface area contributed by atoms with Gasteiger partial charge in [-0.05, 0) is 48.0 Å². The highest BCUT2D eigenvalue weighted by atomic mass is 35.5. The first-order valence-electron chi connectivity index (χ1n) is 8.01. The summed E-state index contributed by atoms with van der Waals surface area (Å²) in [5.74, 6) is 1.37. The first-order chi connectivity index (χ1) is 12.7. The van der Waals surface area contributed by atoms with Crippen LogP contribution in [-0.4, -0.2) is 22.0 Å². The SMILES string of the molecule is CNc1nc(-c2cccnc2)nc2ccc(-c3cc(Cl)ccc3Cl)cc12. The van der Waals surface area contributed by atoms with Crippen molar-refractivity contribution in [2.45, 2.75) is 0 Å². The van der Waals surface area contributed by atoms with E-state index >= 15 is 0 Å². The van der Waals surface area contributed by atoms with Crippen LogP contribution in [0.2, 0.25) is 10.0 Å². The molecule has 0 spiro atoms. The smallest absolute Gasteiger partial charge is 0.163 e. The highest BCUT2D eigenvalue weighted by Crippen LogP contribution is 2.34. The Hall–Kier alpha value is -2.69. The molecule has 6 heteroatoms. The highest BCUT2D eigenvalue weighted by Gasteiger charge is 2.11. The summed E-state index contributed by atoms with van der Waals surface area (Å²) in [4.78, 5) is 13.5. The van der Waals surface area contributed by atoms with E-state index in [1.54, 1.807) is 24.5 Å². The molecule has 2 aromatic carbocycles. The van der Waals surface area contributed by atoms with Gasteiger partial charge in [-0.25, -0.2) is 9.97 Å². The number of halogens is 2. The number of pyridine rings is 1. The van der Waals surface area contributed by atoms with E-state index in [-0.39, 0.29) is 0 Å². The van der Waals surface area contributed by atoms with Gasteiger partial charge in [0.1, 0.15) is 5.82 Å². The lowest BCUT2D eigenvalue weighted by Gasteiger charge is -2.11. The first-order valence-corrected chi connectivity index (χ1v) is 8.76. The molecule has 26 heavy (non-hydrogen) atoms. The van der Waals surface area contributed by atoms with Gasteiger partial charge in [0.25, 0.3) is 0 Å². The first kappa shape index (κ1) is 16.8. The van der Waals surface area contributed by atoms with E-state index in [0.29, 0.717) is 15.9 Å². The van der Waals surface area contributed by atoms with Crippen molar-refractivity contribution < 1.29 is 0 Å². The lowest BCUT2D eigenvalue weighted by molar-refractivity contribution is 1.20. The molecule has 4 rings (SSSR count). The third-order valence-electron chi connectivity index (χ3n) is 4.09. The number of anilines is 1. The molecule has 0 saturated carbocycles. The van der Waals surface area contributed by atoms with Crippen molar-refractivity contribution in [1.82, 2.24) is 15.0 Å². The van der Waals surface area contributed by atoms with E-state index in [0.717, 1.165) is 33.4 Å². The summed E-state index contributed by atoms with van der Waals surface area (Å²) in [6, 6.07) is 15.2. The maximum atomic E-state index is 6.35. The predicted molar refractivity (Wildman–Crippen MR) is 108 cm³/mol. The fourth-order valence-corrected chi connectivity index (χ4v) is 3.23. The zero-order valence-corrected chi connectivity index (χ0v) is 15.4.